The summed E-state index contributed by atoms with van der Waals surface area (Å²) in [5.74, 6) is 1.04. The molecule has 1 heterocycles. The molecule has 0 bridgehead atoms. The van der Waals surface area contributed by atoms with Crippen molar-refractivity contribution in [2.75, 3.05) is 10.6 Å². The standard InChI is InChI=1S/C21H22Cl2N4S/c1-3-14(2)15-8-10-17(11-9-15)24-21(28)25-20-19(23)13-27(26-20)12-16-6-4-5-7-18(16)22/h4-11,13-14H,3,12H2,1-2H3,(H2,24,25,26,28)/t14-/m1/s1. The summed E-state index contributed by atoms with van der Waals surface area (Å²) in [6.45, 7) is 4.93. The summed E-state index contributed by atoms with van der Waals surface area (Å²) in [5, 5.41) is 12.3. The van der Waals surface area contributed by atoms with Crippen LogP contribution in [-0.2, 0) is 6.54 Å². The zero-order valence-corrected chi connectivity index (χ0v) is 18.1. The molecule has 0 aliphatic carbocycles. The highest BCUT2D eigenvalue weighted by Crippen LogP contribution is 2.23. The van der Waals surface area contributed by atoms with Gasteiger partial charge in [0.05, 0.1) is 6.54 Å². The smallest absolute Gasteiger partial charge is 0.176 e. The van der Waals surface area contributed by atoms with Gasteiger partial charge in [0.25, 0.3) is 0 Å². The van der Waals surface area contributed by atoms with E-state index in [4.69, 9.17) is 35.4 Å². The van der Waals surface area contributed by atoms with Crippen LogP contribution >= 0.6 is 35.4 Å². The number of hydrogen-bond donors (Lipinski definition) is 2. The minimum Gasteiger partial charge on any atom is -0.332 e. The molecule has 0 amide bonds. The predicted octanol–water partition coefficient (Wildman–Crippen LogP) is 6.56. The van der Waals surface area contributed by atoms with Gasteiger partial charge in [-0.1, -0.05) is 67.4 Å². The Kier molecular flexibility index (Phi) is 6.94. The van der Waals surface area contributed by atoms with Gasteiger partial charge in [-0.2, -0.15) is 5.10 Å². The van der Waals surface area contributed by atoms with Crippen molar-refractivity contribution in [2.24, 2.45) is 0 Å². The lowest BCUT2D eigenvalue weighted by Gasteiger charge is -2.12. The van der Waals surface area contributed by atoms with Gasteiger partial charge < -0.3 is 10.6 Å². The van der Waals surface area contributed by atoms with E-state index in [1.165, 1.54) is 5.56 Å². The molecule has 0 aliphatic rings. The van der Waals surface area contributed by atoms with E-state index in [9.17, 15) is 0 Å². The fourth-order valence-electron chi connectivity index (χ4n) is 2.76. The molecule has 0 aliphatic heterocycles. The Labute approximate surface area is 180 Å². The van der Waals surface area contributed by atoms with Crippen LogP contribution in [0.3, 0.4) is 0 Å². The average molecular weight is 433 g/mol. The van der Waals surface area contributed by atoms with Crippen LogP contribution in [0.25, 0.3) is 0 Å². The summed E-state index contributed by atoms with van der Waals surface area (Å²) in [7, 11) is 0. The van der Waals surface area contributed by atoms with Crippen LogP contribution in [0.2, 0.25) is 10.0 Å². The van der Waals surface area contributed by atoms with E-state index < -0.39 is 0 Å². The largest absolute Gasteiger partial charge is 0.332 e. The maximum Gasteiger partial charge on any atom is 0.176 e. The van der Waals surface area contributed by atoms with Crippen molar-refractivity contribution in [3.63, 3.8) is 0 Å². The Morgan fingerprint density at radius 3 is 2.46 bits per heavy atom. The van der Waals surface area contributed by atoms with E-state index in [0.29, 0.717) is 33.4 Å². The number of benzene rings is 2. The number of halogens is 2. The van der Waals surface area contributed by atoms with Crippen LogP contribution in [-0.4, -0.2) is 14.9 Å². The van der Waals surface area contributed by atoms with Gasteiger partial charge in [0.2, 0.25) is 0 Å². The zero-order valence-electron chi connectivity index (χ0n) is 15.7. The summed E-state index contributed by atoms with van der Waals surface area (Å²) in [4.78, 5) is 0. The van der Waals surface area contributed by atoms with Crippen molar-refractivity contribution in [3.8, 4) is 0 Å². The molecular formula is C21H22Cl2N4S. The molecule has 4 nitrogen and oxygen atoms in total. The van der Waals surface area contributed by atoms with Gasteiger partial charge in [0, 0.05) is 16.9 Å². The number of nitrogens with zero attached hydrogens (tertiary/aromatic N) is 2. The molecule has 0 saturated carbocycles. The lowest BCUT2D eigenvalue weighted by molar-refractivity contribution is 0.690. The number of hydrogen-bond acceptors (Lipinski definition) is 2. The van der Waals surface area contributed by atoms with Crippen LogP contribution < -0.4 is 10.6 Å². The first kappa shape index (κ1) is 20.6. The lowest BCUT2D eigenvalue weighted by atomic mass is 9.99. The first-order valence-corrected chi connectivity index (χ1v) is 10.3. The first-order valence-electron chi connectivity index (χ1n) is 9.10. The molecule has 0 saturated heterocycles. The third kappa shape index (κ3) is 5.25. The highest BCUT2D eigenvalue weighted by molar-refractivity contribution is 7.80. The van der Waals surface area contributed by atoms with Gasteiger partial charge in [-0.25, -0.2) is 0 Å². The van der Waals surface area contributed by atoms with Gasteiger partial charge in [0.1, 0.15) is 5.02 Å². The van der Waals surface area contributed by atoms with Crippen molar-refractivity contribution in [2.45, 2.75) is 32.7 Å². The predicted molar refractivity (Wildman–Crippen MR) is 123 cm³/mol. The molecule has 0 radical (unpaired) electrons. The van der Waals surface area contributed by atoms with Crippen LogP contribution in [0.1, 0.15) is 37.3 Å². The van der Waals surface area contributed by atoms with Crippen LogP contribution in [0.4, 0.5) is 11.5 Å². The van der Waals surface area contributed by atoms with E-state index in [2.05, 4.69) is 41.7 Å². The second kappa shape index (κ2) is 9.41. The van der Waals surface area contributed by atoms with E-state index in [-0.39, 0.29) is 0 Å². The molecular weight excluding hydrogens is 411 g/mol. The summed E-state index contributed by atoms with van der Waals surface area (Å²) in [5.41, 5.74) is 3.20. The third-order valence-electron chi connectivity index (χ3n) is 4.59. The molecule has 0 unspecified atom stereocenters. The quantitative estimate of drug-likeness (QED) is 0.432. The normalized spacial score (nSPS) is 11.9. The number of anilines is 2. The molecule has 1 atom stereocenters. The monoisotopic (exact) mass is 432 g/mol. The van der Waals surface area contributed by atoms with E-state index in [1.807, 2.05) is 36.4 Å². The Bertz CT molecular complexity index is 953. The highest BCUT2D eigenvalue weighted by Gasteiger charge is 2.10. The molecule has 1 aromatic heterocycles. The molecule has 7 heteroatoms. The number of rotatable bonds is 6. The molecule has 146 valence electrons. The molecule has 2 aromatic carbocycles. The second-order valence-corrected chi connectivity index (χ2v) is 7.85. The molecule has 0 spiro atoms. The molecule has 3 rings (SSSR count). The second-order valence-electron chi connectivity index (χ2n) is 6.63. The van der Waals surface area contributed by atoms with Gasteiger partial charge in [-0.05, 0) is 53.9 Å². The summed E-state index contributed by atoms with van der Waals surface area (Å²) in [6, 6.07) is 15.9. The van der Waals surface area contributed by atoms with Crippen molar-refractivity contribution in [1.29, 1.82) is 0 Å². The highest BCUT2D eigenvalue weighted by atomic mass is 35.5. The minimum absolute atomic E-state index is 0.432. The third-order valence-corrected chi connectivity index (χ3v) is 5.44. The fraction of sp³-hybridized carbons (Fsp3) is 0.238. The van der Waals surface area contributed by atoms with Crippen LogP contribution in [0.15, 0.2) is 54.7 Å². The van der Waals surface area contributed by atoms with Crippen molar-refractivity contribution < 1.29 is 0 Å². The van der Waals surface area contributed by atoms with Crippen molar-refractivity contribution in [3.05, 3.63) is 75.9 Å². The molecule has 0 fully saturated rings. The van der Waals surface area contributed by atoms with Crippen molar-refractivity contribution >= 4 is 52.0 Å². The van der Waals surface area contributed by atoms with E-state index in [1.54, 1.807) is 10.9 Å². The zero-order chi connectivity index (χ0) is 20.1. The fourth-order valence-corrected chi connectivity index (χ4v) is 3.37. The van der Waals surface area contributed by atoms with Gasteiger partial charge in [-0.15, -0.1) is 0 Å². The maximum atomic E-state index is 6.30. The molecule has 2 N–H and O–H groups in total. The SMILES string of the molecule is CC[C@@H](C)c1ccc(NC(=S)Nc2nn(Cc3ccccc3Cl)cc2Cl)cc1. The summed E-state index contributed by atoms with van der Waals surface area (Å²) >= 11 is 17.9. The molecule has 28 heavy (non-hydrogen) atoms. The Morgan fingerprint density at radius 2 is 1.79 bits per heavy atom. The number of nitrogens with one attached hydrogen (secondary N) is 2. The lowest BCUT2D eigenvalue weighted by Crippen LogP contribution is -2.19. The molecule has 3 aromatic rings. The van der Waals surface area contributed by atoms with Crippen LogP contribution in [0.5, 0.6) is 0 Å². The summed E-state index contributed by atoms with van der Waals surface area (Å²) in [6.07, 6.45) is 2.86. The number of thiocarbonyl (C=S) groups is 1. The topological polar surface area (TPSA) is 41.9 Å². The first-order chi connectivity index (χ1) is 13.5. The Balaban J connectivity index is 1.63. The number of aromatic nitrogens is 2. The van der Waals surface area contributed by atoms with Crippen LogP contribution in [0, 0.1) is 0 Å². The van der Waals surface area contributed by atoms with Gasteiger partial charge >= 0.3 is 0 Å². The van der Waals surface area contributed by atoms with Gasteiger partial charge in [-0.3, -0.25) is 4.68 Å². The average Bonchev–Trinajstić information content (AvgIpc) is 3.02. The maximum absolute atomic E-state index is 6.30. The van der Waals surface area contributed by atoms with Crippen molar-refractivity contribution in [1.82, 2.24) is 9.78 Å². The Morgan fingerprint density at radius 1 is 1.07 bits per heavy atom. The van der Waals surface area contributed by atoms with E-state index >= 15 is 0 Å². The minimum atomic E-state index is 0.432. The van der Waals surface area contributed by atoms with E-state index in [0.717, 1.165) is 17.7 Å². The summed E-state index contributed by atoms with van der Waals surface area (Å²) < 4.78 is 1.73. The Hall–Kier alpha value is -2.08. The van der Waals surface area contributed by atoms with Gasteiger partial charge in [0.15, 0.2) is 10.9 Å².